The van der Waals surface area contributed by atoms with E-state index < -0.39 is 0 Å². The predicted molar refractivity (Wildman–Crippen MR) is 161 cm³/mol. The molecule has 8 heteroatoms. The second kappa shape index (κ2) is 11.2. The number of H-pyrrole nitrogens is 1. The highest BCUT2D eigenvalue weighted by atomic mass is 16.5. The lowest BCUT2D eigenvalue weighted by atomic mass is 9.87. The third-order valence-electron chi connectivity index (χ3n) is 9.06. The SMILES string of the molecule is COC(=O)c1cccc(-c2ccc(CNC(=O)[C@@H]3C[C@@H]3c3ccccc3)c3c2CCN(C(=O)c2c[nH]nc2C2CC2)C3)c1. The summed E-state index contributed by atoms with van der Waals surface area (Å²) in [6.07, 6.45) is 5.38. The number of methoxy groups -OCH3 is 1. The number of ether oxygens (including phenoxy) is 1. The number of rotatable bonds is 8. The van der Waals surface area contributed by atoms with Crippen LogP contribution >= 0.6 is 0 Å². The Morgan fingerprint density at radius 3 is 2.65 bits per heavy atom. The van der Waals surface area contributed by atoms with E-state index in [9.17, 15) is 14.4 Å². The molecule has 1 aliphatic heterocycles. The molecule has 43 heavy (non-hydrogen) atoms. The standard InChI is InChI=1S/C35H34N4O4/c1-43-35(42)24-9-5-8-23(16-24)26-13-12-25(18-36-33(40)29-17-28(29)21-6-3-2-4-7-21)31-20-39(15-14-27(26)31)34(41)30-19-37-38-32(30)22-10-11-22/h2-9,12-13,16,19,22,28-29H,10-11,14-15,17-18,20H2,1H3,(H,36,40)(H,37,38)/t28-,29-/m1/s1. The second-order valence-corrected chi connectivity index (χ2v) is 11.8. The van der Waals surface area contributed by atoms with Crippen LogP contribution in [-0.2, 0) is 29.0 Å². The number of hydrogen-bond donors (Lipinski definition) is 2. The minimum atomic E-state index is -0.382. The van der Waals surface area contributed by atoms with Crippen LogP contribution in [0.4, 0.5) is 0 Å². The van der Waals surface area contributed by atoms with E-state index in [1.165, 1.54) is 12.7 Å². The molecule has 2 aliphatic carbocycles. The summed E-state index contributed by atoms with van der Waals surface area (Å²) < 4.78 is 4.95. The van der Waals surface area contributed by atoms with Crippen LogP contribution in [-0.4, -0.2) is 46.5 Å². The van der Waals surface area contributed by atoms with Gasteiger partial charge in [-0.2, -0.15) is 5.10 Å². The van der Waals surface area contributed by atoms with Crippen LogP contribution in [0.5, 0.6) is 0 Å². The van der Waals surface area contributed by atoms with Crippen molar-refractivity contribution in [2.75, 3.05) is 13.7 Å². The number of nitrogens with zero attached hydrogens (tertiary/aromatic N) is 2. The van der Waals surface area contributed by atoms with E-state index in [2.05, 4.69) is 33.7 Å². The summed E-state index contributed by atoms with van der Waals surface area (Å²) in [6.45, 7) is 1.40. The Bertz CT molecular complexity index is 1710. The van der Waals surface area contributed by atoms with Crippen molar-refractivity contribution in [1.82, 2.24) is 20.4 Å². The van der Waals surface area contributed by atoms with E-state index in [-0.39, 0.29) is 29.6 Å². The molecule has 8 nitrogen and oxygen atoms in total. The van der Waals surface area contributed by atoms with Crippen LogP contribution < -0.4 is 5.32 Å². The number of carbonyl (C=O) groups excluding carboxylic acids is 3. The highest BCUT2D eigenvalue weighted by molar-refractivity contribution is 5.96. The molecule has 2 amide bonds. The zero-order chi connectivity index (χ0) is 29.5. The maximum atomic E-state index is 13.7. The van der Waals surface area contributed by atoms with Crippen molar-refractivity contribution < 1.29 is 19.1 Å². The minimum Gasteiger partial charge on any atom is -0.465 e. The molecule has 2 fully saturated rings. The number of fused-ring (bicyclic) bond motifs is 1. The van der Waals surface area contributed by atoms with E-state index in [0.717, 1.165) is 52.8 Å². The van der Waals surface area contributed by atoms with Gasteiger partial charge in [-0.25, -0.2) is 4.79 Å². The summed E-state index contributed by atoms with van der Waals surface area (Å²) in [5, 5.41) is 10.5. The highest BCUT2D eigenvalue weighted by Crippen LogP contribution is 2.47. The summed E-state index contributed by atoms with van der Waals surface area (Å²) in [4.78, 5) is 41.0. The van der Waals surface area contributed by atoms with Gasteiger partial charge in [-0.3, -0.25) is 14.7 Å². The van der Waals surface area contributed by atoms with Crippen molar-refractivity contribution in [2.45, 2.75) is 50.6 Å². The van der Waals surface area contributed by atoms with Crippen molar-refractivity contribution in [1.29, 1.82) is 0 Å². The lowest BCUT2D eigenvalue weighted by Gasteiger charge is -2.32. The van der Waals surface area contributed by atoms with Crippen LogP contribution in [0.1, 0.15) is 79.8 Å². The number of aromatic nitrogens is 2. The molecule has 2 saturated carbocycles. The fraction of sp³-hybridized carbons (Fsp3) is 0.314. The first-order valence-electron chi connectivity index (χ1n) is 15.0. The topological polar surface area (TPSA) is 104 Å². The van der Waals surface area contributed by atoms with E-state index in [4.69, 9.17) is 4.74 Å². The Labute approximate surface area is 250 Å². The molecule has 218 valence electrons. The largest absolute Gasteiger partial charge is 0.465 e. The third kappa shape index (κ3) is 5.33. The van der Waals surface area contributed by atoms with Gasteiger partial charge in [0.25, 0.3) is 5.91 Å². The summed E-state index contributed by atoms with van der Waals surface area (Å²) >= 11 is 0. The van der Waals surface area contributed by atoms with Crippen LogP contribution in [0.2, 0.25) is 0 Å². The normalized spacial score (nSPS) is 19.0. The zero-order valence-electron chi connectivity index (χ0n) is 24.1. The van der Waals surface area contributed by atoms with Crippen LogP contribution in [0, 0.1) is 5.92 Å². The Kier molecular flexibility index (Phi) is 7.05. The van der Waals surface area contributed by atoms with Gasteiger partial charge in [-0.15, -0.1) is 0 Å². The van der Waals surface area contributed by atoms with Gasteiger partial charge >= 0.3 is 5.97 Å². The summed E-state index contributed by atoms with van der Waals surface area (Å²) in [5.41, 5.74) is 8.35. The number of carbonyl (C=O) groups is 3. The molecule has 0 unspecified atom stereocenters. The summed E-state index contributed by atoms with van der Waals surface area (Å²) in [5.74, 6) is 0.282. The number of benzene rings is 3. The van der Waals surface area contributed by atoms with Gasteiger partial charge in [0.15, 0.2) is 0 Å². The third-order valence-corrected chi connectivity index (χ3v) is 9.06. The predicted octanol–water partition coefficient (Wildman–Crippen LogP) is 5.36. The molecule has 0 bridgehead atoms. The summed E-state index contributed by atoms with van der Waals surface area (Å²) in [7, 11) is 1.38. The number of aromatic amines is 1. The van der Waals surface area contributed by atoms with E-state index in [1.807, 2.05) is 47.4 Å². The monoisotopic (exact) mass is 574 g/mol. The zero-order valence-corrected chi connectivity index (χ0v) is 24.1. The fourth-order valence-corrected chi connectivity index (χ4v) is 6.46. The van der Waals surface area contributed by atoms with Gasteiger partial charge in [0.2, 0.25) is 5.91 Å². The molecule has 3 aromatic carbocycles. The number of hydrogen-bond acceptors (Lipinski definition) is 5. The Morgan fingerprint density at radius 2 is 1.86 bits per heavy atom. The molecule has 0 spiro atoms. The van der Waals surface area contributed by atoms with Crippen molar-refractivity contribution in [3.8, 4) is 11.1 Å². The van der Waals surface area contributed by atoms with E-state index in [1.54, 1.807) is 12.3 Å². The van der Waals surface area contributed by atoms with Crippen LogP contribution in [0.15, 0.2) is 72.9 Å². The smallest absolute Gasteiger partial charge is 0.337 e. The second-order valence-electron chi connectivity index (χ2n) is 11.8. The molecular weight excluding hydrogens is 540 g/mol. The van der Waals surface area contributed by atoms with Gasteiger partial charge < -0.3 is 15.0 Å². The van der Waals surface area contributed by atoms with Crippen molar-refractivity contribution in [3.05, 3.63) is 112 Å². The Balaban J connectivity index is 1.17. The van der Waals surface area contributed by atoms with E-state index >= 15 is 0 Å². The molecule has 3 aliphatic rings. The molecule has 2 N–H and O–H groups in total. The maximum absolute atomic E-state index is 13.7. The van der Waals surface area contributed by atoms with Gasteiger partial charge in [0, 0.05) is 37.7 Å². The minimum absolute atomic E-state index is 0.0152. The van der Waals surface area contributed by atoms with E-state index in [0.29, 0.717) is 43.1 Å². The van der Waals surface area contributed by atoms with Crippen molar-refractivity contribution in [2.24, 2.45) is 5.92 Å². The quantitative estimate of drug-likeness (QED) is 0.276. The summed E-state index contributed by atoms with van der Waals surface area (Å²) in [6, 6.07) is 21.8. The first kappa shape index (κ1) is 27.1. The van der Waals surface area contributed by atoms with Gasteiger partial charge in [0.05, 0.1) is 23.9 Å². The lowest BCUT2D eigenvalue weighted by Crippen LogP contribution is -2.37. The maximum Gasteiger partial charge on any atom is 0.337 e. The lowest BCUT2D eigenvalue weighted by molar-refractivity contribution is -0.122. The number of nitrogens with one attached hydrogen (secondary N) is 2. The average Bonchev–Trinajstić information content (AvgIpc) is 4.00. The number of amides is 2. The molecular formula is C35H34N4O4. The first-order chi connectivity index (χ1) is 21.0. The molecule has 4 aromatic rings. The average molecular weight is 575 g/mol. The van der Waals surface area contributed by atoms with Gasteiger partial charge in [-0.1, -0.05) is 54.6 Å². The van der Waals surface area contributed by atoms with Crippen LogP contribution in [0.3, 0.4) is 0 Å². The Hall–Kier alpha value is -4.72. The van der Waals surface area contributed by atoms with Gasteiger partial charge in [0.1, 0.15) is 0 Å². The Morgan fingerprint density at radius 1 is 1.02 bits per heavy atom. The fourth-order valence-electron chi connectivity index (χ4n) is 6.46. The van der Waals surface area contributed by atoms with Crippen molar-refractivity contribution in [3.63, 3.8) is 0 Å². The number of esters is 1. The molecule has 2 heterocycles. The van der Waals surface area contributed by atoms with Crippen LogP contribution in [0.25, 0.3) is 11.1 Å². The first-order valence-corrected chi connectivity index (χ1v) is 15.0. The molecule has 2 atom stereocenters. The van der Waals surface area contributed by atoms with Crippen molar-refractivity contribution >= 4 is 17.8 Å². The molecule has 1 aromatic heterocycles. The molecule has 0 saturated heterocycles. The van der Waals surface area contributed by atoms with Gasteiger partial charge in [-0.05, 0) is 77.1 Å². The molecule has 7 rings (SSSR count). The highest BCUT2D eigenvalue weighted by Gasteiger charge is 2.43. The molecule has 0 radical (unpaired) electrons.